The van der Waals surface area contributed by atoms with Crippen LogP contribution in [0.1, 0.15) is 15.9 Å². The summed E-state index contributed by atoms with van der Waals surface area (Å²) in [4.78, 5) is 22.3. The Morgan fingerprint density at radius 3 is 2.68 bits per heavy atom. The predicted molar refractivity (Wildman–Crippen MR) is 71.2 cm³/mol. The number of carbonyl (C=O) groups excluding carboxylic acids is 1. The zero-order chi connectivity index (χ0) is 13.4. The summed E-state index contributed by atoms with van der Waals surface area (Å²) in [6, 6.07) is 12.4. The summed E-state index contributed by atoms with van der Waals surface area (Å²) >= 11 is 0. The minimum atomic E-state index is -0.948. The lowest BCUT2D eigenvalue weighted by Crippen LogP contribution is -2.03. The molecule has 0 aromatic heterocycles. The first kappa shape index (κ1) is 11.5. The molecule has 94 valence electrons. The Morgan fingerprint density at radius 1 is 1.11 bits per heavy atom. The first-order valence-corrected chi connectivity index (χ1v) is 5.90. The van der Waals surface area contributed by atoms with Crippen molar-refractivity contribution in [3.8, 4) is 11.1 Å². The Kier molecular flexibility index (Phi) is 2.56. The quantitative estimate of drug-likeness (QED) is 0.864. The maximum atomic E-state index is 11.3. The van der Waals surface area contributed by atoms with E-state index >= 15 is 0 Å². The van der Waals surface area contributed by atoms with E-state index < -0.39 is 5.97 Å². The average Bonchev–Trinajstić information content (AvgIpc) is 2.77. The number of hydrogen-bond acceptors (Lipinski definition) is 2. The molecular weight excluding hydrogens is 242 g/mol. The third-order valence-electron chi connectivity index (χ3n) is 3.18. The van der Waals surface area contributed by atoms with Crippen LogP contribution in [0.4, 0.5) is 5.69 Å². The molecule has 0 spiro atoms. The van der Waals surface area contributed by atoms with Crippen LogP contribution in [-0.4, -0.2) is 17.0 Å². The molecule has 19 heavy (non-hydrogen) atoms. The summed E-state index contributed by atoms with van der Waals surface area (Å²) < 4.78 is 0. The predicted octanol–water partition coefficient (Wildman–Crippen LogP) is 2.55. The van der Waals surface area contributed by atoms with Gasteiger partial charge in [-0.05, 0) is 34.9 Å². The van der Waals surface area contributed by atoms with Crippen LogP contribution in [0.5, 0.6) is 0 Å². The molecule has 0 radical (unpaired) electrons. The number of rotatable bonds is 2. The molecule has 0 bridgehead atoms. The van der Waals surface area contributed by atoms with Crippen molar-refractivity contribution in [3.05, 3.63) is 53.6 Å². The molecule has 0 atom stereocenters. The standard InChI is InChI=1S/C15H11NO3/c17-14-8-11-5-4-10(7-13(11)16-14)9-2-1-3-12(6-9)15(18)19/h1-7H,8H2,(H,16,17)(H,18,19). The number of anilines is 1. The minimum absolute atomic E-state index is 0.00793. The van der Waals surface area contributed by atoms with Crippen molar-refractivity contribution >= 4 is 17.6 Å². The SMILES string of the molecule is O=C1Cc2ccc(-c3cccc(C(=O)O)c3)cc2N1. The zero-order valence-electron chi connectivity index (χ0n) is 10.0. The van der Waals surface area contributed by atoms with E-state index in [0.717, 1.165) is 22.4 Å². The number of hydrogen-bond donors (Lipinski definition) is 2. The van der Waals surface area contributed by atoms with Crippen molar-refractivity contribution in [2.24, 2.45) is 0 Å². The monoisotopic (exact) mass is 253 g/mol. The van der Waals surface area contributed by atoms with Gasteiger partial charge in [-0.25, -0.2) is 4.79 Å². The summed E-state index contributed by atoms with van der Waals surface area (Å²) in [6.45, 7) is 0. The van der Waals surface area contributed by atoms with Crippen LogP contribution < -0.4 is 5.32 Å². The van der Waals surface area contributed by atoms with Gasteiger partial charge in [-0.15, -0.1) is 0 Å². The van der Waals surface area contributed by atoms with Gasteiger partial charge in [0.2, 0.25) is 5.91 Å². The normalized spacial score (nSPS) is 12.9. The number of carboxylic acid groups (broad SMARTS) is 1. The smallest absolute Gasteiger partial charge is 0.335 e. The highest BCUT2D eigenvalue weighted by Crippen LogP contribution is 2.29. The second kappa shape index (κ2) is 4.24. The Morgan fingerprint density at radius 2 is 1.89 bits per heavy atom. The first-order chi connectivity index (χ1) is 9.13. The summed E-state index contributed by atoms with van der Waals surface area (Å²) in [5.41, 5.74) is 3.75. The molecule has 1 aliphatic heterocycles. The Balaban J connectivity index is 2.04. The molecule has 0 fully saturated rings. The van der Waals surface area contributed by atoms with E-state index in [9.17, 15) is 9.59 Å². The number of benzene rings is 2. The number of carbonyl (C=O) groups is 2. The van der Waals surface area contributed by atoms with E-state index in [4.69, 9.17) is 5.11 Å². The molecule has 0 aliphatic carbocycles. The van der Waals surface area contributed by atoms with Crippen molar-refractivity contribution in [3.63, 3.8) is 0 Å². The molecule has 4 nitrogen and oxygen atoms in total. The zero-order valence-corrected chi connectivity index (χ0v) is 10.0. The van der Waals surface area contributed by atoms with Crippen molar-refractivity contribution in [2.75, 3.05) is 5.32 Å². The van der Waals surface area contributed by atoms with E-state index in [1.54, 1.807) is 18.2 Å². The third-order valence-corrected chi connectivity index (χ3v) is 3.18. The maximum absolute atomic E-state index is 11.3. The largest absolute Gasteiger partial charge is 0.478 e. The summed E-state index contributed by atoms with van der Waals surface area (Å²) in [7, 11) is 0. The van der Waals surface area contributed by atoms with Crippen molar-refractivity contribution in [1.82, 2.24) is 0 Å². The van der Waals surface area contributed by atoms with E-state index in [1.165, 1.54) is 0 Å². The van der Waals surface area contributed by atoms with Gasteiger partial charge in [-0.1, -0.05) is 24.3 Å². The first-order valence-electron chi connectivity index (χ1n) is 5.90. The lowest BCUT2D eigenvalue weighted by Gasteiger charge is -2.05. The highest BCUT2D eigenvalue weighted by molar-refractivity contribution is 6.00. The average molecular weight is 253 g/mol. The third kappa shape index (κ3) is 2.08. The van der Waals surface area contributed by atoms with Crippen LogP contribution in [0, 0.1) is 0 Å². The number of nitrogens with one attached hydrogen (secondary N) is 1. The van der Waals surface area contributed by atoms with Gasteiger partial charge >= 0.3 is 5.97 Å². The molecule has 0 saturated heterocycles. The topological polar surface area (TPSA) is 66.4 Å². The van der Waals surface area contributed by atoms with Gasteiger partial charge in [0.25, 0.3) is 0 Å². The Bertz CT molecular complexity index is 692. The van der Waals surface area contributed by atoms with Crippen LogP contribution in [0.2, 0.25) is 0 Å². The van der Waals surface area contributed by atoms with E-state index in [0.29, 0.717) is 6.42 Å². The van der Waals surface area contributed by atoms with Gasteiger partial charge in [0.15, 0.2) is 0 Å². The molecule has 2 aromatic carbocycles. The lowest BCUT2D eigenvalue weighted by atomic mass is 10.0. The van der Waals surface area contributed by atoms with Crippen molar-refractivity contribution in [2.45, 2.75) is 6.42 Å². The molecule has 0 saturated carbocycles. The van der Waals surface area contributed by atoms with Crippen LogP contribution in [0.3, 0.4) is 0 Å². The molecule has 1 aliphatic rings. The van der Waals surface area contributed by atoms with E-state index in [1.807, 2.05) is 24.3 Å². The fourth-order valence-corrected chi connectivity index (χ4v) is 2.23. The number of fused-ring (bicyclic) bond motifs is 1. The molecule has 2 aromatic rings. The Hall–Kier alpha value is -2.62. The lowest BCUT2D eigenvalue weighted by molar-refractivity contribution is -0.115. The van der Waals surface area contributed by atoms with Gasteiger partial charge in [-0.2, -0.15) is 0 Å². The van der Waals surface area contributed by atoms with Crippen LogP contribution in [0.25, 0.3) is 11.1 Å². The molecular formula is C15H11NO3. The summed E-state index contributed by atoms with van der Waals surface area (Å²) in [6.07, 6.45) is 0.408. The fourth-order valence-electron chi connectivity index (χ4n) is 2.23. The van der Waals surface area contributed by atoms with Crippen molar-refractivity contribution < 1.29 is 14.7 Å². The van der Waals surface area contributed by atoms with Gasteiger partial charge in [0.05, 0.1) is 12.0 Å². The molecule has 3 rings (SSSR count). The van der Waals surface area contributed by atoms with E-state index in [-0.39, 0.29) is 11.5 Å². The van der Waals surface area contributed by atoms with E-state index in [2.05, 4.69) is 5.32 Å². The summed E-state index contributed by atoms with van der Waals surface area (Å²) in [5, 5.41) is 11.8. The van der Waals surface area contributed by atoms with Gasteiger partial charge in [0, 0.05) is 5.69 Å². The molecule has 0 unspecified atom stereocenters. The number of carboxylic acids is 1. The molecule has 1 heterocycles. The number of aromatic carboxylic acids is 1. The highest BCUT2D eigenvalue weighted by Gasteiger charge is 2.17. The van der Waals surface area contributed by atoms with Crippen LogP contribution >= 0.6 is 0 Å². The molecule has 4 heteroatoms. The van der Waals surface area contributed by atoms with Gasteiger partial charge < -0.3 is 10.4 Å². The summed E-state index contributed by atoms with van der Waals surface area (Å²) in [5.74, 6) is -0.956. The Labute approximate surface area is 109 Å². The van der Waals surface area contributed by atoms with Crippen LogP contribution in [-0.2, 0) is 11.2 Å². The van der Waals surface area contributed by atoms with Crippen LogP contribution in [0.15, 0.2) is 42.5 Å². The fraction of sp³-hybridized carbons (Fsp3) is 0.0667. The minimum Gasteiger partial charge on any atom is -0.478 e. The number of amides is 1. The van der Waals surface area contributed by atoms with Gasteiger partial charge in [-0.3, -0.25) is 4.79 Å². The molecule has 2 N–H and O–H groups in total. The van der Waals surface area contributed by atoms with Crippen molar-refractivity contribution in [1.29, 1.82) is 0 Å². The van der Waals surface area contributed by atoms with Gasteiger partial charge in [0.1, 0.15) is 0 Å². The molecule has 1 amide bonds. The second-order valence-electron chi connectivity index (χ2n) is 4.48. The maximum Gasteiger partial charge on any atom is 0.335 e. The highest BCUT2D eigenvalue weighted by atomic mass is 16.4. The second-order valence-corrected chi connectivity index (χ2v) is 4.48.